The van der Waals surface area contributed by atoms with Gasteiger partial charge in [0.25, 0.3) is 11.6 Å². The van der Waals surface area contributed by atoms with Gasteiger partial charge in [-0.1, -0.05) is 0 Å². The van der Waals surface area contributed by atoms with Gasteiger partial charge in [0.05, 0.1) is 11.5 Å². The molecule has 2 heterocycles. The van der Waals surface area contributed by atoms with Crippen LogP contribution in [0, 0.1) is 24.0 Å². The zero-order chi connectivity index (χ0) is 21.0. The minimum absolute atomic E-state index is 0.00525. The Morgan fingerprint density at radius 1 is 1.21 bits per heavy atom. The van der Waals surface area contributed by atoms with Gasteiger partial charge in [-0.05, 0) is 50.5 Å². The average molecular weight is 400 g/mol. The Kier molecular flexibility index (Phi) is 6.28. The van der Waals surface area contributed by atoms with Crippen LogP contribution in [0.25, 0.3) is 0 Å². The fourth-order valence-corrected chi connectivity index (χ4v) is 3.34. The standard InChI is InChI=1S/C20H24N4O5/c1-13-11-16(24(27)28)4-5-17(13)22-19(25)12-23-9-7-15(8-10-23)21-20(26)18-6-3-14(2)29-18/h3-6,11,15H,7-10,12H2,1-2H3,(H,21,26)(H,22,25). The highest BCUT2D eigenvalue weighted by molar-refractivity contribution is 5.93. The van der Waals surface area contributed by atoms with Crippen LogP contribution >= 0.6 is 0 Å². The molecule has 154 valence electrons. The van der Waals surface area contributed by atoms with Crippen molar-refractivity contribution in [2.45, 2.75) is 32.7 Å². The summed E-state index contributed by atoms with van der Waals surface area (Å²) >= 11 is 0. The summed E-state index contributed by atoms with van der Waals surface area (Å²) < 4.78 is 5.33. The Balaban J connectivity index is 1.45. The summed E-state index contributed by atoms with van der Waals surface area (Å²) in [6.07, 6.45) is 1.49. The zero-order valence-electron chi connectivity index (χ0n) is 16.4. The number of hydrogen-bond acceptors (Lipinski definition) is 6. The van der Waals surface area contributed by atoms with E-state index in [1.54, 1.807) is 32.0 Å². The van der Waals surface area contributed by atoms with Gasteiger partial charge >= 0.3 is 0 Å². The lowest BCUT2D eigenvalue weighted by Gasteiger charge is -2.31. The molecule has 0 bridgehead atoms. The number of non-ortho nitro benzene ring substituents is 1. The van der Waals surface area contributed by atoms with Crippen molar-refractivity contribution in [3.05, 3.63) is 57.5 Å². The molecule has 2 amide bonds. The summed E-state index contributed by atoms with van der Waals surface area (Å²) in [4.78, 5) is 36.9. The number of aryl methyl sites for hydroxylation is 2. The van der Waals surface area contributed by atoms with Gasteiger partial charge in [-0.15, -0.1) is 0 Å². The highest BCUT2D eigenvalue weighted by Gasteiger charge is 2.23. The quantitative estimate of drug-likeness (QED) is 0.568. The van der Waals surface area contributed by atoms with Crippen molar-refractivity contribution >= 4 is 23.2 Å². The van der Waals surface area contributed by atoms with E-state index in [4.69, 9.17) is 4.42 Å². The van der Waals surface area contributed by atoms with Crippen LogP contribution in [0.3, 0.4) is 0 Å². The van der Waals surface area contributed by atoms with E-state index >= 15 is 0 Å². The molecule has 1 saturated heterocycles. The van der Waals surface area contributed by atoms with Crippen molar-refractivity contribution in [2.24, 2.45) is 0 Å². The summed E-state index contributed by atoms with van der Waals surface area (Å²) in [7, 11) is 0. The Morgan fingerprint density at radius 3 is 2.52 bits per heavy atom. The number of likely N-dealkylation sites (tertiary alicyclic amines) is 1. The molecular weight excluding hydrogens is 376 g/mol. The van der Waals surface area contributed by atoms with E-state index in [1.165, 1.54) is 12.1 Å². The molecule has 9 nitrogen and oxygen atoms in total. The van der Waals surface area contributed by atoms with Gasteiger partial charge in [0.2, 0.25) is 5.91 Å². The van der Waals surface area contributed by atoms with Crippen LogP contribution in [0.5, 0.6) is 0 Å². The zero-order valence-corrected chi connectivity index (χ0v) is 16.4. The molecule has 0 spiro atoms. The lowest BCUT2D eigenvalue weighted by molar-refractivity contribution is -0.384. The van der Waals surface area contributed by atoms with Crippen molar-refractivity contribution in [1.82, 2.24) is 10.2 Å². The van der Waals surface area contributed by atoms with E-state index in [2.05, 4.69) is 10.6 Å². The lowest BCUT2D eigenvalue weighted by atomic mass is 10.0. The molecule has 1 fully saturated rings. The van der Waals surface area contributed by atoms with Crippen LogP contribution in [-0.2, 0) is 4.79 Å². The van der Waals surface area contributed by atoms with E-state index in [0.717, 1.165) is 12.8 Å². The van der Waals surface area contributed by atoms with Crippen molar-refractivity contribution in [1.29, 1.82) is 0 Å². The van der Waals surface area contributed by atoms with Gasteiger partial charge in [-0.2, -0.15) is 0 Å². The van der Waals surface area contributed by atoms with E-state index in [0.29, 0.717) is 35.9 Å². The number of nitro groups is 1. The summed E-state index contributed by atoms with van der Waals surface area (Å²) in [5.41, 5.74) is 1.20. The van der Waals surface area contributed by atoms with Crippen LogP contribution in [0.2, 0.25) is 0 Å². The van der Waals surface area contributed by atoms with E-state index in [-0.39, 0.29) is 30.1 Å². The predicted octanol–water partition coefficient (Wildman–Crippen LogP) is 2.64. The number of piperidine rings is 1. The Hall–Kier alpha value is -3.20. The maximum Gasteiger partial charge on any atom is 0.287 e. The van der Waals surface area contributed by atoms with Gasteiger partial charge in [0.1, 0.15) is 5.76 Å². The minimum atomic E-state index is -0.464. The molecular formula is C20H24N4O5. The largest absolute Gasteiger partial charge is 0.456 e. The Labute approximate surface area is 168 Å². The van der Waals surface area contributed by atoms with Gasteiger partial charge < -0.3 is 15.1 Å². The van der Waals surface area contributed by atoms with Crippen LogP contribution in [-0.4, -0.2) is 47.3 Å². The second-order valence-electron chi connectivity index (χ2n) is 7.24. The van der Waals surface area contributed by atoms with Crippen molar-refractivity contribution in [2.75, 3.05) is 25.0 Å². The number of hydrogen-bond donors (Lipinski definition) is 2. The smallest absolute Gasteiger partial charge is 0.287 e. The monoisotopic (exact) mass is 400 g/mol. The summed E-state index contributed by atoms with van der Waals surface area (Å²) in [5, 5.41) is 16.6. The molecule has 0 aliphatic carbocycles. The summed E-state index contributed by atoms with van der Waals surface area (Å²) in [6, 6.07) is 7.81. The van der Waals surface area contributed by atoms with Gasteiger partial charge in [-0.3, -0.25) is 24.6 Å². The molecule has 9 heteroatoms. The average Bonchev–Trinajstić information content (AvgIpc) is 3.11. The first kappa shape index (κ1) is 20.5. The van der Waals surface area contributed by atoms with Crippen molar-refractivity contribution in [3.63, 3.8) is 0 Å². The number of benzene rings is 1. The second kappa shape index (κ2) is 8.87. The molecule has 1 aliphatic rings. The molecule has 0 saturated carbocycles. The van der Waals surface area contributed by atoms with Gasteiger partial charge in [0.15, 0.2) is 5.76 Å². The van der Waals surface area contributed by atoms with Crippen LogP contribution in [0.4, 0.5) is 11.4 Å². The molecule has 0 atom stereocenters. The maximum atomic E-state index is 12.3. The first-order chi connectivity index (χ1) is 13.8. The number of rotatable bonds is 6. The van der Waals surface area contributed by atoms with Crippen LogP contribution < -0.4 is 10.6 Å². The van der Waals surface area contributed by atoms with E-state index < -0.39 is 4.92 Å². The first-order valence-electron chi connectivity index (χ1n) is 9.46. The molecule has 29 heavy (non-hydrogen) atoms. The number of furan rings is 1. The summed E-state index contributed by atoms with van der Waals surface area (Å²) in [6.45, 7) is 5.12. The number of nitrogens with one attached hydrogen (secondary N) is 2. The summed E-state index contributed by atoms with van der Waals surface area (Å²) in [5.74, 6) is 0.612. The normalized spacial score (nSPS) is 15.1. The molecule has 0 unspecified atom stereocenters. The first-order valence-corrected chi connectivity index (χ1v) is 9.46. The second-order valence-corrected chi connectivity index (χ2v) is 7.24. The number of carbonyl (C=O) groups excluding carboxylic acids is 2. The Morgan fingerprint density at radius 2 is 1.93 bits per heavy atom. The molecule has 3 rings (SSSR count). The number of nitrogens with zero attached hydrogens (tertiary/aromatic N) is 2. The van der Waals surface area contributed by atoms with Gasteiger partial charge in [-0.25, -0.2) is 0 Å². The molecule has 2 N–H and O–H groups in total. The third-order valence-corrected chi connectivity index (χ3v) is 4.95. The van der Waals surface area contributed by atoms with Gasteiger partial charge in [0, 0.05) is 37.0 Å². The third kappa shape index (κ3) is 5.41. The van der Waals surface area contributed by atoms with E-state index in [9.17, 15) is 19.7 Å². The predicted molar refractivity (Wildman–Crippen MR) is 107 cm³/mol. The van der Waals surface area contributed by atoms with Crippen molar-refractivity contribution in [3.8, 4) is 0 Å². The number of amides is 2. The number of nitro benzene ring substituents is 1. The maximum absolute atomic E-state index is 12.3. The minimum Gasteiger partial charge on any atom is -0.456 e. The molecule has 2 aromatic rings. The lowest BCUT2D eigenvalue weighted by Crippen LogP contribution is -2.46. The van der Waals surface area contributed by atoms with Crippen LogP contribution in [0.1, 0.15) is 34.7 Å². The topological polar surface area (TPSA) is 118 Å². The fourth-order valence-electron chi connectivity index (χ4n) is 3.34. The molecule has 1 aromatic heterocycles. The number of anilines is 1. The molecule has 1 aliphatic heterocycles. The fraction of sp³-hybridized carbons (Fsp3) is 0.400. The van der Waals surface area contributed by atoms with E-state index in [1.807, 2.05) is 4.90 Å². The highest BCUT2D eigenvalue weighted by atomic mass is 16.6. The number of carbonyl (C=O) groups is 2. The molecule has 0 radical (unpaired) electrons. The SMILES string of the molecule is Cc1ccc(C(=O)NC2CCN(CC(=O)Nc3ccc([N+](=O)[O-])cc3C)CC2)o1. The highest BCUT2D eigenvalue weighted by Crippen LogP contribution is 2.21. The van der Waals surface area contributed by atoms with Crippen LogP contribution in [0.15, 0.2) is 34.7 Å². The third-order valence-electron chi connectivity index (χ3n) is 4.95. The molecule has 1 aromatic carbocycles. The Bertz CT molecular complexity index is 915. The van der Waals surface area contributed by atoms with Crippen molar-refractivity contribution < 1.29 is 18.9 Å².